The number of rotatable bonds is 4. The lowest BCUT2D eigenvalue weighted by molar-refractivity contribution is 0.453. The Morgan fingerprint density at radius 3 is 2.45 bits per heavy atom. The van der Waals surface area contributed by atoms with Crippen LogP contribution in [-0.2, 0) is 0 Å². The summed E-state index contributed by atoms with van der Waals surface area (Å²) < 4.78 is 6.42. The monoisotopic (exact) mass is 432 g/mol. The quantitative estimate of drug-likeness (QED) is 0.638. The first-order valence-corrected chi connectivity index (χ1v) is 9.03. The van der Waals surface area contributed by atoms with E-state index in [1.54, 1.807) is 6.07 Å². The van der Waals surface area contributed by atoms with Crippen molar-refractivity contribution in [3.63, 3.8) is 0 Å². The highest BCUT2D eigenvalue weighted by molar-refractivity contribution is 6.37. The van der Waals surface area contributed by atoms with Crippen molar-refractivity contribution in [3.05, 3.63) is 70.7 Å². The number of ether oxygens (including phenoxy) is 1. The van der Waals surface area contributed by atoms with E-state index in [1.807, 2.05) is 4.98 Å². The minimum Gasteiger partial charge on any atom is -0.434 e. The van der Waals surface area contributed by atoms with Gasteiger partial charge in [0.05, 0.1) is 15.7 Å². The van der Waals surface area contributed by atoms with E-state index in [-0.39, 0.29) is 38.8 Å². The minimum atomic E-state index is -0.901. The summed E-state index contributed by atoms with van der Waals surface area (Å²) in [5.74, 6) is 0.343. The molecule has 1 aliphatic carbocycles. The summed E-state index contributed by atoms with van der Waals surface area (Å²) in [5.41, 5.74) is -1.86. The molecule has 2 aromatic heterocycles. The predicted octanol–water partition coefficient (Wildman–Crippen LogP) is 1.85. The molecular weight excluding hydrogens is 423 g/mol. The maximum absolute atomic E-state index is 12.0. The molecule has 29 heavy (non-hydrogen) atoms. The molecule has 0 radical (unpaired) electrons. The zero-order valence-corrected chi connectivity index (χ0v) is 15.9. The lowest BCUT2D eigenvalue weighted by atomic mass is 10.2. The molecule has 0 saturated heterocycles. The van der Waals surface area contributed by atoms with Crippen LogP contribution in [0.4, 0.5) is 0 Å². The van der Waals surface area contributed by atoms with Gasteiger partial charge in [0.15, 0.2) is 5.75 Å². The summed E-state index contributed by atoms with van der Waals surface area (Å²) in [6, 6.07) is 5.77. The molecular formula is C17H10Cl2N6O4. The van der Waals surface area contributed by atoms with Crippen LogP contribution in [0.2, 0.25) is 10.0 Å². The molecule has 1 aliphatic rings. The van der Waals surface area contributed by atoms with Gasteiger partial charge >= 0.3 is 5.69 Å². The Labute approximate surface area is 171 Å². The molecule has 2 heterocycles. The maximum atomic E-state index is 12.0. The van der Waals surface area contributed by atoms with Crippen molar-refractivity contribution in [1.29, 1.82) is 5.26 Å². The molecule has 1 saturated carbocycles. The van der Waals surface area contributed by atoms with Gasteiger partial charge in [-0.1, -0.05) is 23.2 Å². The molecule has 0 atom stereocenters. The molecule has 4 rings (SSSR count). The van der Waals surface area contributed by atoms with Gasteiger partial charge in [-0.2, -0.15) is 9.94 Å². The number of nitrogens with zero attached hydrogens (tertiary/aromatic N) is 4. The van der Waals surface area contributed by atoms with E-state index in [0.717, 1.165) is 17.5 Å². The van der Waals surface area contributed by atoms with E-state index < -0.39 is 16.9 Å². The molecule has 12 heteroatoms. The fourth-order valence-corrected chi connectivity index (χ4v) is 3.22. The van der Waals surface area contributed by atoms with Crippen molar-refractivity contribution >= 4 is 23.2 Å². The average Bonchev–Trinajstić information content (AvgIpc) is 3.51. The smallest absolute Gasteiger partial charge is 0.349 e. The van der Waals surface area contributed by atoms with Crippen molar-refractivity contribution in [2.24, 2.45) is 0 Å². The first-order valence-electron chi connectivity index (χ1n) is 8.28. The molecule has 0 spiro atoms. The first kappa shape index (κ1) is 18.9. The zero-order valence-electron chi connectivity index (χ0n) is 14.4. The van der Waals surface area contributed by atoms with Crippen molar-refractivity contribution in [2.75, 3.05) is 0 Å². The van der Waals surface area contributed by atoms with Gasteiger partial charge in [-0.25, -0.2) is 9.89 Å². The van der Waals surface area contributed by atoms with E-state index >= 15 is 0 Å². The van der Waals surface area contributed by atoms with E-state index in [9.17, 15) is 14.4 Å². The van der Waals surface area contributed by atoms with Gasteiger partial charge in [-0.05, 0) is 30.9 Å². The normalized spacial score (nSPS) is 13.1. The molecule has 0 bridgehead atoms. The molecule has 146 valence electrons. The van der Waals surface area contributed by atoms with Crippen molar-refractivity contribution < 1.29 is 4.74 Å². The largest absolute Gasteiger partial charge is 0.434 e. The van der Waals surface area contributed by atoms with Gasteiger partial charge in [0.1, 0.15) is 6.07 Å². The van der Waals surface area contributed by atoms with Crippen molar-refractivity contribution in [1.82, 2.24) is 25.0 Å². The molecule has 3 aromatic rings. The van der Waals surface area contributed by atoms with Crippen LogP contribution >= 0.6 is 23.2 Å². The number of nitrogens with one attached hydrogen (secondary N) is 2. The van der Waals surface area contributed by atoms with Crippen LogP contribution in [-0.4, -0.2) is 25.0 Å². The number of aromatic nitrogens is 5. The molecule has 2 N–H and O–H groups in total. The van der Waals surface area contributed by atoms with Crippen LogP contribution in [0.5, 0.6) is 11.6 Å². The summed E-state index contributed by atoms with van der Waals surface area (Å²) >= 11 is 12.5. The number of hydrogen-bond donors (Lipinski definition) is 2. The summed E-state index contributed by atoms with van der Waals surface area (Å²) in [7, 11) is 0. The van der Waals surface area contributed by atoms with Crippen LogP contribution in [0.1, 0.15) is 30.0 Å². The second-order valence-corrected chi connectivity index (χ2v) is 7.05. The van der Waals surface area contributed by atoms with Crippen LogP contribution in [0.25, 0.3) is 5.69 Å². The van der Waals surface area contributed by atoms with Crippen LogP contribution < -0.4 is 21.5 Å². The topological polar surface area (TPSA) is 147 Å². The maximum Gasteiger partial charge on any atom is 0.349 e. The number of nitriles is 1. The number of hydrogen-bond acceptors (Lipinski definition) is 7. The lowest BCUT2D eigenvalue weighted by Crippen LogP contribution is -2.33. The number of benzene rings is 1. The van der Waals surface area contributed by atoms with Gasteiger partial charge in [0, 0.05) is 11.6 Å². The Kier molecular flexibility index (Phi) is 4.70. The Hall–Kier alpha value is -3.42. The summed E-state index contributed by atoms with van der Waals surface area (Å²) in [4.78, 5) is 37.3. The Morgan fingerprint density at radius 1 is 1.14 bits per heavy atom. The van der Waals surface area contributed by atoms with Gasteiger partial charge in [-0.3, -0.25) is 14.6 Å². The standard InChI is InChI=1S/C17H10Cl2N6O4/c18-10-3-8(25-17(28)21-16(27)12(6-20)24-25)4-11(19)14(10)29-13-5-9(7-1-2-7)15(26)23-22-13/h3-5,7H,1-2H2,(H,23,26)(H,21,27,28). The highest BCUT2D eigenvalue weighted by Gasteiger charge is 2.27. The second-order valence-electron chi connectivity index (χ2n) is 6.24. The lowest BCUT2D eigenvalue weighted by Gasteiger charge is -2.11. The van der Waals surface area contributed by atoms with E-state index in [0.29, 0.717) is 5.56 Å². The van der Waals surface area contributed by atoms with E-state index in [1.165, 1.54) is 18.2 Å². The number of halogens is 2. The molecule has 1 aromatic carbocycles. The Morgan fingerprint density at radius 2 is 1.83 bits per heavy atom. The number of H-pyrrole nitrogens is 2. The molecule has 10 nitrogen and oxygen atoms in total. The third-order valence-electron chi connectivity index (χ3n) is 4.19. The molecule has 0 aliphatic heterocycles. The molecule has 0 amide bonds. The summed E-state index contributed by atoms with van der Waals surface area (Å²) in [5, 5.41) is 18.9. The van der Waals surface area contributed by atoms with E-state index in [4.69, 9.17) is 33.2 Å². The molecule has 0 unspecified atom stereocenters. The predicted molar refractivity (Wildman–Crippen MR) is 102 cm³/mol. The fraction of sp³-hybridized carbons (Fsp3) is 0.176. The third-order valence-corrected chi connectivity index (χ3v) is 4.76. The van der Waals surface area contributed by atoms with Gasteiger partial charge in [-0.15, -0.1) is 10.2 Å². The van der Waals surface area contributed by atoms with Gasteiger partial charge in [0.25, 0.3) is 11.1 Å². The molecule has 1 fully saturated rings. The fourth-order valence-electron chi connectivity index (χ4n) is 2.67. The zero-order chi connectivity index (χ0) is 20.7. The van der Waals surface area contributed by atoms with Gasteiger partial charge in [0.2, 0.25) is 11.6 Å². The van der Waals surface area contributed by atoms with Crippen molar-refractivity contribution in [3.8, 4) is 23.4 Å². The minimum absolute atomic E-state index is 0.0203. The van der Waals surface area contributed by atoms with Gasteiger partial charge < -0.3 is 4.74 Å². The van der Waals surface area contributed by atoms with Crippen LogP contribution in [0.15, 0.2) is 32.6 Å². The van der Waals surface area contributed by atoms with Crippen LogP contribution in [0.3, 0.4) is 0 Å². The highest BCUT2D eigenvalue weighted by Crippen LogP contribution is 2.40. The van der Waals surface area contributed by atoms with Crippen molar-refractivity contribution in [2.45, 2.75) is 18.8 Å². The number of aromatic amines is 2. The highest BCUT2D eigenvalue weighted by atomic mass is 35.5. The average molecular weight is 433 g/mol. The van der Waals surface area contributed by atoms with E-state index in [2.05, 4.69) is 15.3 Å². The first-order chi connectivity index (χ1) is 13.9. The third kappa shape index (κ3) is 3.65. The summed E-state index contributed by atoms with van der Waals surface area (Å²) in [6.07, 6.45) is 1.85. The van der Waals surface area contributed by atoms with Crippen LogP contribution in [0, 0.1) is 11.3 Å². The summed E-state index contributed by atoms with van der Waals surface area (Å²) in [6.45, 7) is 0. The second kappa shape index (κ2) is 7.20. The SMILES string of the molecule is N#Cc1nn(-c2cc(Cl)c(Oc3cc(C4CC4)c(=O)[nH]n3)c(Cl)c2)c(=O)[nH]c1=O. The Balaban J connectivity index is 1.73. The Bertz CT molecular complexity index is 1330.